The van der Waals surface area contributed by atoms with E-state index >= 15 is 0 Å². The summed E-state index contributed by atoms with van der Waals surface area (Å²) in [6, 6.07) is 14.4. The van der Waals surface area contributed by atoms with Crippen LogP contribution in [0.15, 0.2) is 54.6 Å². The molecule has 0 radical (unpaired) electrons. The van der Waals surface area contributed by atoms with Crippen LogP contribution in [0.2, 0.25) is 0 Å². The highest BCUT2D eigenvalue weighted by Crippen LogP contribution is 2.32. The monoisotopic (exact) mass is 447 g/mol. The second kappa shape index (κ2) is 10.9. The number of halogens is 4. The minimum absolute atomic E-state index is 0.304. The molecular formula is C20H21ClF3NOS2. The third-order valence-electron chi connectivity index (χ3n) is 3.97. The predicted molar refractivity (Wildman–Crippen MR) is 114 cm³/mol. The smallest absolute Gasteiger partial charge is 0.416 e. The molecule has 0 aliphatic carbocycles. The zero-order valence-corrected chi connectivity index (χ0v) is 17.7. The van der Waals surface area contributed by atoms with Crippen LogP contribution >= 0.6 is 35.6 Å². The second-order valence-corrected chi connectivity index (χ2v) is 8.16. The zero-order valence-electron chi connectivity index (χ0n) is 15.3. The summed E-state index contributed by atoms with van der Waals surface area (Å²) in [7, 11) is 1.91. The normalized spacial score (nSPS) is 12.5. The summed E-state index contributed by atoms with van der Waals surface area (Å²) in [5.41, 5.74) is 0.257. The Hall–Kier alpha value is -1.44. The molecule has 2 rings (SSSR count). The Balaban J connectivity index is 2.07. The van der Waals surface area contributed by atoms with Gasteiger partial charge in [0, 0.05) is 31.6 Å². The van der Waals surface area contributed by atoms with Crippen molar-refractivity contribution in [2.75, 3.05) is 25.2 Å². The largest absolute Gasteiger partial charge is 0.486 e. The molecule has 0 amide bonds. The first kappa shape index (κ1) is 22.8. The highest BCUT2D eigenvalue weighted by molar-refractivity contribution is 8.22. The summed E-state index contributed by atoms with van der Waals surface area (Å²) < 4.78 is 45.0. The molecule has 2 aromatic carbocycles. The Kier molecular flexibility index (Phi) is 8.92. The zero-order chi connectivity index (χ0) is 20.6. The number of benzene rings is 2. The topological polar surface area (TPSA) is 12.5 Å². The van der Waals surface area contributed by atoms with E-state index in [9.17, 15) is 13.2 Å². The van der Waals surface area contributed by atoms with E-state index in [2.05, 4.69) is 0 Å². The number of hydrogen-bond acceptors (Lipinski definition) is 3. The summed E-state index contributed by atoms with van der Waals surface area (Å²) in [5.74, 6) is 1.67. The SMILES string of the molecule is CN(CCC(Oc1ccc(C(F)(F)F)cc1)c1ccccc1)C(=S)SCCCl. The minimum Gasteiger partial charge on any atom is -0.486 e. The van der Waals surface area contributed by atoms with E-state index in [4.69, 9.17) is 28.6 Å². The van der Waals surface area contributed by atoms with Crippen LogP contribution in [0.25, 0.3) is 0 Å². The number of ether oxygens (including phenoxy) is 1. The van der Waals surface area contributed by atoms with Crippen molar-refractivity contribution in [2.45, 2.75) is 18.7 Å². The van der Waals surface area contributed by atoms with Crippen molar-refractivity contribution in [1.29, 1.82) is 0 Å². The lowest BCUT2D eigenvalue weighted by atomic mass is 10.1. The van der Waals surface area contributed by atoms with Crippen molar-refractivity contribution in [3.63, 3.8) is 0 Å². The molecule has 0 aliphatic rings. The molecule has 0 N–H and O–H groups in total. The van der Waals surface area contributed by atoms with Crippen molar-refractivity contribution in [1.82, 2.24) is 4.90 Å². The molecule has 1 unspecified atom stereocenters. The first-order valence-electron chi connectivity index (χ1n) is 8.64. The van der Waals surface area contributed by atoms with Crippen molar-refractivity contribution < 1.29 is 17.9 Å². The third-order valence-corrected chi connectivity index (χ3v) is 6.02. The first-order valence-corrected chi connectivity index (χ1v) is 10.6. The van der Waals surface area contributed by atoms with Crippen molar-refractivity contribution in [3.8, 4) is 5.75 Å². The van der Waals surface area contributed by atoms with Crippen LogP contribution in [0.3, 0.4) is 0 Å². The Bertz CT molecular complexity index is 741. The fourth-order valence-corrected chi connectivity index (χ4v) is 3.62. The minimum atomic E-state index is -4.36. The van der Waals surface area contributed by atoms with E-state index in [1.165, 1.54) is 23.9 Å². The van der Waals surface area contributed by atoms with E-state index in [-0.39, 0.29) is 6.10 Å². The summed E-state index contributed by atoms with van der Waals surface area (Å²) in [4.78, 5) is 1.96. The Morgan fingerprint density at radius 2 is 1.79 bits per heavy atom. The molecule has 0 saturated heterocycles. The van der Waals surface area contributed by atoms with Crippen molar-refractivity contribution >= 4 is 39.9 Å². The summed E-state index contributed by atoms with van der Waals surface area (Å²) in [6.07, 6.45) is -4.04. The molecular weight excluding hydrogens is 427 g/mol. The first-order chi connectivity index (χ1) is 13.3. The van der Waals surface area contributed by atoms with Gasteiger partial charge < -0.3 is 9.64 Å². The van der Waals surface area contributed by atoms with Gasteiger partial charge in [-0.3, -0.25) is 0 Å². The standard InChI is InChI=1S/C20H21ClF3NOS2/c1-25(19(27)28-14-12-21)13-11-18(15-5-3-2-4-6-15)26-17-9-7-16(8-10-17)20(22,23)24/h2-10,18H,11-14H2,1H3. The molecule has 8 heteroatoms. The fraction of sp³-hybridized carbons (Fsp3) is 0.350. The highest BCUT2D eigenvalue weighted by atomic mass is 35.5. The predicted octanol–water partition coefficient (Wildman–Crippen LogP) is 6.40. The van der Waals surface area contributed by atoms with Gasteiger partial charge in [0.1, 0.15) is 16.2 Å². The molecule has 0 saturated carbocycles. The number of rotatable bonds is 8. The number of thiocarbonyl (C=S) groups is 1. The maximum Gasteiger partial charge on any atom is 0.416 e. The molecule has 28 heavy (non-hydrogen) atoms. The number of nitrogens with zero attached hydrogens (tertiary/aromatic N) is 1. The Morgan fingerprint density at radius 1 is 1.14 bits per heavy atom. The summed E-state index contributed by atoms with van der Waals surface area (Å²) in [5, 5.41) is 0. The van der Waals surface area contributed by atoms with Crippen LogP contribution in [0.1, 0.15) is 23.7 Å². The Morgan fingerprint density at radius 3 is 2.36 bits per heavy atom. The lowest BCUT2D eigenvalue weighted by molar-refractivity contribution is -0.137. The van der Waals surface area contributed by atoms with Crippen LogP contribution in [-0.2, 0) is 6.18 Å². The van der Waals surface area contributed by atoms with Crippen LogP contribution < -0.4 is 4.74 Å². The van der Waals surface area contributed by atoms with Gasteiger partial charge in [0.05, 0.1) is 5.56 Å². The molecule has 0 heterocycles. The van der Waals surface area contributed by atoms with Crippen LogP contribution in [0.5, 0.6) is 5.75 Å². The van der Waals surface area contributed by atoms with E-state index in [1.807, 2.05) is 42.3 Å². The van der Waals surface area contributed by atoms with E-state index < -0.39 is 11.7 Å². The van der Waals surface area contributed by atoms with Gasteiger partial charge in [0.25, 0.3) is 0 Å². The molecule has 2 aromatic rings. The van der Waals surface area contributed by atoms with E-state index in [1.54, 1.807) is 0 Å². The molecule has 0 bridgehead atoms. The average Bonchev–Trinajstić information content (AvgIpc) is 2.69. The van der Waals surface area contributed by atoms with Gasteiger partial charge in [-0.25, -0.2) is 0 Å². The van der Waals surface area contributed by atoms with Gasteiger partial charge in [0.15, 0.2) is 0 Å². The molecule has 152 valence electrons. The Labute approximate surface area is 178 Å². The van der Waals surface area contributed by atoms with E-state index in [0.29, 0.717) is 24.6 Å². The van der Waals surface area contributed by atoms with Gasteiger partial charge in [-0.15, -0.1) is 11.6 Å². The van der Waals surface area contributed by atoms with E-state index in [0.717, 1.165) is 27.8 Å². The molecule has 1 atom stereocenters. The number of hydrogen-bond donors (Lipinski definition) is 0. The molecule has 2 nitrogen and oxygen atoms in total. The van der Waals surface area contributed by atoms with Gasteiger partial charge in [-0.2, -0.15) is 13.2 Å². The van der Waals surface area contributed by atoms with Crippen molar-refractivity contribution in [3.05, 3.63) is 65.7 Å². The molecule has 0 aliphatic heterocycles. The van der Waals surface area contributed by atoms with Gasteiger partial charge in [0.2, 0.25) is 0 Å². The fourth-order valence-electron chi connectivity index (χ4n) is 2.49. The lowest BCUT2D eigenvalue weighted by Crippen LogP contribution is -2.26. The summed E-state index contributed by atoms with van der Waals surface area (Å²) in [6.45, 7) is 0.647. The maximum absolute atomic E-state index is 12.8. The average molecular weight is 448 g/mol. The summed E-state index contributed by atoms with van der Waals surface area (Å²) >= 11 is 12.6. The van der Waals surface area contributed by atoms with Gasteiger partial charge >= 0.3 is 6.18 Å². The molecule has 0 spiro atoms. The quantitative estimate of drug-likeness (QED) is 0.342. The number of thioether (sulfide) groups is 1. The second-order valence-electron chi connectivity index (χ2n) is 6.05. The van der Waals surface area contributed by atoms with Crippen LogP contribution in [-0.4, -0.2) is 34.4 Å². The van der Waals surface area contributed by atoms with Gasteiger partial charge in [-0.1, -0.05) is 54.3 Å². The maximum atomic E-state index is 12.8. The molecule has 0 aromatic heterocycles. The number of alkyl halides is 4. The lowest BCUT2D eigenvalue weighted by Gasteiger charge is -2.24. The van der Waals surface area contributed by atoms with Gasteiger partial charge in [-0.05, 0) is 29.8 Å². The van der Waals surface area contributed by atoms with Crippen LogP contribution in [0, 0.1) is 0 Å². The van der Waals surface area contributed by atoms with Crippen LogP contribution in [0.4, 0.5) is 13.2 Å². The van der Waals surface area contributed by atoms with Crippen molar-refractivity contribution in [2.24, 2.45) is 0 Å². The third kappa shape index (κ3) is 7.18. The highest BCUT2D eigenvalue weighted by Gasteiger charge is 2.30. The molecule has 0 fully saturated rings.